The molecule has 86 valence electrons. The number of nitrogens with zero attached hydrogens (tertiary/aromatic N) is 1. The van der Waals surface area contributed by atoms with E-state index in [1.807, 2.05) is 44.2 Å². The molecule has 2 rings (SSSR count). The van der Waals surface area contributed by atoms with Gasteiger partial charge in [0.05, 0.1) is 0 Å². The van der Waals surface area contributed by atoms with Crippen molar-refractivity contribution in [1.82, 2.24) is 4.98 Å². The van der Waals surface area contributed by atoms with Crippen molar-refractivity contribution in [3.63, 3.8) is 0 Å². The van der Waals surface area contributed by atoms with Crippen LogP contribution in [0.3, 0.4) is 0 Å². The average Bonchev–Trinajstić information content (AvgIpc) is 2.37. The molecule has 3 nitrogen and oxygen atoms in total. The third-order valence-electron chi connectivity index (χ3n) is 2.64. The Labute approximate surface area is 98.8 Å². The fourth-order valence-electron chi connectivity index (χ4n) is 1.83. The van der Waals surface area contributed by atoms with Gasteiger partial charge in [-0.15, -0.1) is 0 Å². The van der Waals surface area contributed by atoms with Crippen LogP contribution < -0.4 is 16.1 Å². The summed E-state index contributed by atoms with van der Waals surface area (Å²) in [5.41, 5.74) is -0.0636. The molecule has 1 N–H and O–H groups in total. The van der Waals surface area contributed by atoms with Gasteiger partial charge in [0.25, 0.3) is 5.56 Å². The fourth-order valence-corrected chi connectivity index (χ4v) is 1.83. The predicted molar refractivity (Wildman–Crippen MR) is 72.6 cm³/mol. The second kappa shape index (κ2) is 4.78. The summed E-state index contributed by atoms with van der Waals surface area (Å²) in [5, 5.41) is 3.37. The largest absolute Gasteiger partial charge is 0.322 e. The van der Waals surface area contributed by atoms with Crippen molar-refractivity contribution < 1.29 is 0 Å². The Bertz CT molecular complexity index is 739. The molecule has 0 spiro atoms. The maximum atomic E-state index is 11.9. The highest BCUT2D eigenvalue weighted by atomic mass is 16.1. The standard InChI is InChI=1S/C14H14N2O/c1-3-13-12(9-15-4-2)10-7-5-6-8-11(10)14(17)16-13/h3-9H,1-2H3,(H,16,17). The van der Waals surface area contributed by atoms with Gasteiger partial charge in [-0.05, 0) is 25.3 Å². The number of nitrogens with one attached hydrogen (secondary N) is 1. The summed E-state index contributed by atoms with van der Waals surface area (Å²) >= 11 is 0. The molecule has 1 heterocycles. The second-order valence-corrected chi connectivity index (χ2v) is 3.65. The zero-order valence-electron chi connectivity index (χ0n) is 9.90. The van der Waals surface area contributed by atoms with Gasteiger partial charge in [-0.1, -0.05) is 24.3 Å². The van der Waals surface area contributed by atoms with Crippen LogP contribution in [0, 0.1) is 0 Å². The molecular formula is C14H14N2O. The molecule has 0 amide bonds. The third-order valence-corrected chi connectivity index (χ3v) is 2.64. The predicted octanol–water partition coefficient (Wildman–Crippen LogP) is 1.16. The Kier molecular flexibility index (Phi) is 3.19. The Morgan fingerprint density at radius 1 is 1.18 bits per heavy atom. The van der Waals surface area contributed by atoms with Gasteiger partial charge in [0.15, 0.2) is 0 Å². The van der Waals surface area contributed by atoms with Gasteiger partial charge >= 0.3 is 0 Å². The van der Waals surface area contributed by atoms with Gasteiger partial charge in [0.2, 0.25) is 0 Å². The smallest absolute Gasteiger partial charge is 0.256 e. The number of aromatic nitrogens is 1. The average molecular weight is 226 g/mol. The van der Waals surface area contributed by atoms with Gasteiger partial charge in [-0.3, -0.25) is 9.79 Å². The van der Waals surface area contributed by atoms with Crippen molar-refractivity contribution in [3.8, 4) is 0 Å². The van der Waals surface area contributed by atoms with Crippen molar-refractivity contribution in [2.75, 3.05) is 0 Å². The van der Waals surface area contributed by atoms with Crippen LogP contribution in [0.15, 0.2) is 34.1 Å². The Balaban J connectivity index is 3.08. The van der Waals surface area contributed by atoms with Gasteiger partial charge in [0, 0.05) is 28.4 Å². The molecule has 1 aromatic heterocycles. The van der Waals surface area contributed by atoms with Crippen LogP contribution in [0.4, 0.5) is 0 Å². The highest BCUT2D eigenvalue weighted by Gasteiger charge is 1.99. The molecule has 17 heavy (non-hydrogen) atoms. The molecule has 0 fully saturated rings. The number of pyridine rings is 1. The summed E-state index contributed by atoms with van der Waals surface area (Å²) in [7, 11) is 0. The molecule has 2 aromatic rings. The topological polar surface area (TPSA) is 45.2 Å². The summed E-state index contributed by atoms with van der Waals surface area (Å²) in [6, 6.07) is 7.54. The monoisotopic (exact) mass is 226 g/mol. The van der Waals surface area contributed by atoms with Crippen LogP contribution in [-0.2, 0) is 0 Å². The van der Waals surface area contributed by atoms with E-state index in [1.54, 1.807) is 12.4 Å². The lowest BCUT2D eigenvalue weighted by molar-refractivity contribution is 1.18. The van der Waals surface area contributed by atoms with Crippen LogP contribution >= 0.6 is 0 Å². The quantitative estimate of drug-likeness (QED) is 0.729. The number of rotatable bonds is 1. The zero-order valence-corrected chi connectivity index (χ0v) is 9.90. The van der Waals surface area contributed by atoms with Crippen molar-refractivity contribution >= 4 is 29.3 Å². The molecular weight excluding hydrogens is 212 g/mol. The summed E-state index contributed by atoms with van der Waals surface area (Å²) in [6.45, 7) is 3.76. The Morgan fingerprint density at radius 3 is 2.53 bits per heavy atom. The minimum absolute atomic E-state index is 0.0636. The third kappa shape index (κ3) is 2.04. The van der Waals surface area contributed by atoms with E-state index in [0.717, 1.165) is 16.0 Å². The maximum absolute atomic E-state index is 11.9. The first kappa shape index (κ1) is 11.3. The first-order valence-corrected chi connectivity index (χ1v) is 5.53. The van der Waals surface area contributed by atoms with Gasteiger partial charge in [-0.25, -0.2) is 0 Å². The molecule has 3 heteroatoms. The SMILES string of the molecule is CC=NC=c1c(=CC)[nH]c(=O)c2ccccc12. The molecule has 1 aromatic carbocycles. The lowest BCUT2D eigenvalue weighted by Gasteiger charge is -1.98. The van der Waals surface area contributed by atoms with E-state index in [9.17, 15) is 4.79 Å². The van der Waals surface area contributed by atoms with Gasteiger partial charge in [-0.2, -0.15) is 0 Å². The van der Waals surface area contributed by atoms with Crippen LogP contribution in [0.25, 0.3) is 23.0 Å². The number of hydrogen-bond donors (Lipinski definition) is 1. The number of hydrogen-bond acceptors (Lipinski definition) is 2. The minimum Gasteiger partial charge on any atom is -0.322 e. The Hall–Kier alpha value is -2.16. The summed E-state index contributed by atoms with van der Waals surface area (Å²) in [6.07, 6.45) is 5.37. The molecule has 0 aliphatic heterocycles. The van der Waals surface area contributed by atoms with Crippen molar-refractivity contribution in [2.24, 2.45) is 4.99 Å². The number of fused-ring (bicyclic) bond motifs is 1. The van der Waals surface area contributed by atoms with E-state index in [4.69, 9.17) is 0 Å². The van der Waals surface area contributed by atoms with E-state index in [0.29, 0.717) is 5.39 Å². The highest BCUT2D eigenvalue weighted by Crippen LogP contribution is 2.01. The van der Waals surface area contributed by atoms with E-state index in [-0.39, 0.29) is 5.56 Å². The highest BCUT2D eigenvalue weighted by molar-refractivity contribution is 5.82. The number of aliphatic imine (C=N–C) groups is 1. The van der Waals surface area contributed by atoms with Crippen LogP contribution in [0.1, 0.15) is 13.8 Å². The molecule has 0 radical (unpaired) electrons. The molecule has 0 unspecified atom stereocenters. The second-order valence-electron chi connectivity index (χ2n) is 3.65. The molecule has 0 aliphatic carbocycles. The summed E-state index contributed by atoms with van der Waals surface area (Å²) in [5.74, 6) is 0. The minimum atomic E-state index is -0.0636. The van der Waals surface area contributed by atoms with Crippen molar-refractivity contribution in [1.29, 1.82) is 0 Å². The van der Waals surface area contributed by atoms with Gasteiger partial charge < -0.3 is 4.98 Å². The van der Waals surface area contributed by atoms with Crippen molar-refractivity contribution in [2.45, 2.75) is 13.8 Å². The normalized spacial score (nSPS) is 14.0. The van der Waals surface area contributed by atoms with Crippen LogP contribution in [0.2, 0.25) is 0 Å². The van der Waals surface area contributed by atoms with Gasteiger partial charge in [0.1, 0.15) is 0 Å². The van der Waals surface area contributed by atoms with E-state index in [2.05, 4.69) is 9.98 Å². The number of benzene rings is 1. The lowest BCUT2D eigenvalue weighted by Crippen LogP contribution is -2.34. The molecule has 0 saturated carbocycles. The number of H-pyrrole nitrogens is 1. The number of aromatic amines is 1. The van der Waals surface area contributed by atoms with E-state index >= 15 is 0 Å². The first-order chi connectivity index (χ1) is 8.27. The molecule has 0 aliphatic rings. The Morgan fingerprint density at radius 2 is 1.88 bits per heavy atom. The van der Waals surface area contributed by atoms with Crippen LogP contribution in [0.5, 0.6) is 0 Å². The summed E-state index contributed by atoms with van der Waals surface area (Å²) < 4.78 is 0. The lowest BCUT2D eigenvalue weighted by atomic mass is 10.1. The van der Waals surface area contributed by atoms with Crippen molar-refractivity contribution in [3.05, 3.63) is 45.2 Å². The fraction of sp³-hybridized carbons (Fsp3) is 0.143. The molecule has 0 saturated heterocycles. The van der Waals surface area contributed by atoms with E-state index < -0.39 is 0 Å². The molecule has 0 atom stereocenters. The summed E-state index contributed by atoms with van der Waals surface area (Å²) in [4.78, 5) is 18.9. The zero-order chi connectivity index (χ0) is 12.3. The van der Waals surface area contributed by atoms with E-state index in [1.165, 1.54) is 0 Å². The van der Waals surface area contributed by atoms with Crippen LogP contribution in [-0.4, -0.2) is 11.2 Å². The molecule has 0 bridgehead atoms. The maximum Gasteiger partial charge on any atom is 0.256 e. The first-order valence-electron chi connectivity index (χ1n) is 5.53.